The highest BCUT2D eigenvalue weighted by atomic mass is 32.1. The number of methoxy groups -OCH3 is 2. The summed E-state index contributed by atoms with van der Waals surface area (Å²) in [4.78, 5) is 19.1. The van der Waals surface area contributed by atoms with Crippen LogP contribution in [0, 0.1) is 6.92 Å². The van der Waals surface area contributed by atoms with Gasteiger partial charge in [0.25, 0.3) is 5.91 Å². The lowest BCUT2D eigenvalue weighted by atomic mass is 10.2. The fraction of sp³-hybridized carbons (Fsp3) is 0.176. The summed E-state index contributed by atoms with van der Waals surface area (Å²) in [6.07, 6.45) is 0. The van der Waals surface area contributed by atoms with Crippen LogP contribution in [0.2, 0.25) is 0 Å². The maximum absolute atomic E-state index is 12.4. The number of aromatic nitrogens is 1. The number of amides is 1. The van der Waals surface area contributed by atoms with Crippen LogP contribution in [0.25, 0.3) is 9.88 Å². The normalized spacial score (nSPS) is 10.5. The van der Waals surface area contributed by atoms with Gasteiger partial charge in [-0.05, 0) is 19.1 Å². The predicted octanol–water partition coefficient (Wildman–Crippen LogP) is 4.45. The SMILES string of the molecule is COc1cc(NC(=O)c2csc(-c3ccc(C)s3)n2)cc(OC)c1. The smallest absolute Gasteiger partial charge is 0.275 e. The molecule has 1 amide bonds. The average molecular weight is 360 g/mol. The quantitative estimate of drug-likeness (QED) is 0.730. The van der Waals surface area contributed by atoms with Crippen LogP contribution in [0.4, 0.5) is 5.69 Å². The Labute approximate surface area is 147 Å². The number of hydrogen-bond acceptors (Lipinski definition) is 6. The molecule has 2 aromatic heterocycles. The van der Waals surface area contributed by atoms with Crippen molar-refractivity contribution >= 4 is 34.3 Å². The predicted molar refractivity (Wildman–Crippen MR) is 97.7 cm³/mol. The van der Waals surface area contributed by atoms with E-state index in [0.717, 1.165) is 9.88 Å². The topological polar surface area (TPSA) is 60.5 Å². The third-order valence-electron chi connectivity index (χ3n) is 3.30. The number of carbonyl (C=O) groups excluding carboxylic acids is 1. The molecule has 0 fully saturated rings. The maximum Gasteiger partial charge on any atom is 0.275 e. The monoisotopic (exact) mass is 360 g/mol. The molecule has 0 saturated heterocycles. The lowest BCUT2D eigenvalue weighted by molar-refractivity contribution is 0.102. The summed E-state index contributed by atoms with van der Waals surface area (Å²) in [6, 6.07) is 9.28. The van der Waals surface area contributed by atoms with Crippen LogP contribution in [0.3, 0.4) is 0 Å². The van der Waals surface area contributed by atoms with Gasteiger partial charge in [-0.15, -0.1) is 22.7 Å². The molecule has 1 aromatic carbocycles. The summed E-state index contributed by atoms with van der Waals surface area (Å²) in [5, 5.41) is 5.44. The molecule has 124 valence electrons. The number of thiazole rings is 1. The molecule has 0 aliphatic heterocycles. The van der Waals surface area contributed by atoms with Crippen LogP contribution >= 0.6 is 22.7 Å². The molecule has 1 N–H and O–H groups in total. The second kappa shape index (κ2) is 7.02. The Bertz CT molecular complexity index is 848. The highest BCUT2D eigenvalue weighted by Crippen LogP contribution is 2.31. The van der Waals surface area contributed by atoms with Crippen molar-refractivity contribution in [2.24, 2.45) is 0 Å². The van der Waals surface area contributed by atoms with Crippen molar-refractivity contribution in [1.29, 1.82) is 0 Å². The first-order chi connectivity index (χ1) is 11.6. The molecule has 0 spiro atoms. The Hall–Kier alpha value is -2.38. The number of aryl methyl sites for hydroxylation is 1. The van der Waals surface area contributed by atoms with Crippen LogP contribution in [0.5, 0.6) is 11.5 Å². The summed E-state index contributed by atoms with van der Waals surface area (Å²) < 4.78 is 10.4. The number of benzene rings is 1. The van der Waals surface area contributed by atoms with Crippen molar-refractivity contribution < 1.29 is 14.3 Å². The standard InChI is InChI=1S/C17H16N2O3S2/c1-10-4-5-15(24-10)17-19-14(9-23-17)16(20)18-11-6-12(21-2)8-13(7-11)22-3/h4-9H,1-3H3,(H,18,20). The number of nitrogens with one attached hydrogen (secondary N) is 1. The first-order valence-electron chi connectivity index (χ1n) is 7.16. The van der Waals surface area contributed by atoms with Gasteiger partial charge in [0.05, 0.1) is 19.1 Å². The van der Waals surface area contributed by atoms with Crippen LogP contribution in [0.1, 0.15) is 15.4 Å². The summed E-state index contributed by atoms with van der Waals surface area (Å²) >= 11 is 3.12. The van der Waals surface area contributed by atoms with Gasteiger partial charge in [0.15, 0.2) is 0 Å². The first-order valence-corrected chi connectivity index (χ1v) is 8.85. The Morgan fingerprint density at radius 3 is 2.42 bits per heavy atom. The Morgan fingerprint density at radius 1 is 1.12 bits per heavy atom. The molecule has 7 heteroatoms. The van der Waals surface area contributed by atoms with Crippen molar-refractivity contribution in [3.05, 3.63) is 46.3 Å². The van der Waals surface area contributed by atoms with E-state index in [4.69, 9.17) is 9.47 Å². The van der Waals surface area contributed by atoms with Crippen LogP contribution < -0.4 is 14.8 Å². The molecule has 3 aromatic rings. The number of carbonyl (C=O) groups is 1. The van der Waals surface area contributed by atoms with Gasteiger partial charge in [-0.25, -0.2) is 4.98 Å². The minimum atomic E-state index is -0.263. The highest BCUT2D eigenvalue weighted by Gasteiger charge is 2.14. The summed E-state index contributed by atoms with van der Waals surface area (Å²) in [6.45, 7) is 2.05. The van der Waals surface area contributed by atoms with Crippen LogP contribution in [-0.4, -0.2) is 25.1 Å². The Kier molecular flexibility index (Phi) is 4.82. The molecule has 0 radical (unpaired) electrons. The third kappa shape index (κ3) is 3.58. The lowest BCUT2D eigenvalue weighted by Gasteiger charge is -2.09. The summed E-state index contributed by atoms with van der Waals surface area (Å²) in [5.41, 5.74) is 0.987. The Balaban J connectivity index is 1.79. The Morgan fingerprint density at radius 2 is 1.83 bits per heavy atom. The van der Waals surface area contributed by atoms with Gasteiger partial charge in [0.1, 0.15) is 22.2 Å². The summed E-state index contributed by atoms with van der Waals surface area (Å²) in [5.74, 6) is 0.955. The number of rotatable bonds is 5. The van der Waals surface area contributed by atoms with E-state index < -0.39 is 0 Å². The van der Waals surface area contributed by atoms with E-state index in [1.54, 1.807) is 49.1 Å². The molecule has 0 aliphatic rings. The van der Waals surface area contributed by atoms with Gasteiger partial charge in [0, 0.05) is 34.1 Å². The van der Waals surface area contributed by atoms with E-state index in [9.17, 15) is 4.79 Å². The molecular weight excluding hydrogens is 344 g/mol. The first kappa shape index (κ1) is 16.5. The van der Waals surface area contributed by atoms with E-state index in [1.165, 1.54) is 16.2 Å². The summed E-state index contributed by atoms with van der Waals surface area (Å²) in [7, 11) is 3.13. The van der Waals surface area contributed by atoms with Crippen molar-refractivity contribution in [2.75, 3.05) is 19.5 Å². The molecule has 3 rings (SSSR count). The zero-order chi connectivity index (χ0) is 17.1. The fourth-order valence-electron chi connectivity index (χ4n) is 2.12. The van der Waals surface area contributed by atoms with Crippen molar-refractivity contribution in [2.45, 2.75) is 6.92 Å². The molecule has 0 aliphatic carbocycles. The number of hydrogen-bond donors (Lipinski definition) is 1. The minimum Gasteiger partial charge on any atom is -0.497 e. The van der Waals surface area contributed by atoms with E-state index in [2.05, 4.69) is 10.3 Å². The molecule has 2 heterocycles. The molecule has 0 atom stereocenters. The van der Waals surface area contributed by atoms with E-state index in [0.29, 0.717) is 22.9 Å². The average Bonchev–Trinajstić information content (AvgIpc) is 3.23. The van der Waals surface area contributed by atoms with Crippen molar-refractivity contribution in [3.63, 3.8) is 0 Å². The molecule has 0 unspecified atom stereocenters. The highest BCUT2D eigenvalue weighted by molar-refractivity contribution is 7.21. The van der Waals surface area contributed by atoms with Crippen molar-refractivity contribution in [1.82, 2.24) is 4.98 Å². The molecule has 24 heavy (non-hydrogen) atoms. The molecule has 5 nitrogen and oxygen atoms in total. The fourth-order valence-corrected chi connectivity index (χ4v) is 3.85. The van der Waals surface area contributed by atoms with Gasteiger partial charge in [-0.3, -0.25) is 4.79 Å². The van der Waals surface area contributed by atoms with E-state index in [-0.39, 0.29) is 5.91 Å². The van der Waals surface area contributed by atoms with Gasteiger partial charge in [-0.1, -0.05) is 0 Å². The number of ether oxygens (including phenoxy) is 2. The molecule has 0 saturated carbocycles. The second-order valence-corrected chi connectivity index (χ2v) is 7.15. The number of anilines is 1. The van der Waals surface area contributed by atoms with Gasteiger partial charge in [0.2, 0.25) is 0 Å². The van der Waals surface area contributed by atoms with Gasteiger partial charge >= 0.3 is 0 Å². The van der Waals surface area contributed by atoms with Crippen LogP contribution in [-0.2, 0) is 0 Å². The lowest BCUT2D eigenvalue weighted by Crippen LogP contribution is -2.12. The molecule has 0 bridgehead atoms. The van der Waals surface area contributed by atoms with E-state index in [1.807, 2.05) is 19.1 Å². The number of thiophene rings is 1. The zero-order valence-electron chi connectivity index (χ0n) is 13.5. The van der Waals surface area contributed by atoms with Crippen LogP contribution in [0.15, 0.2) is 35.7 Å². The van der Waals surface area contributed by atoms with Gasteiger partial charge in [-0.2, -0.15) is 0 Å². The van der Waals surface area contributed by atoms with E-state index >= 15 is 0 Å². The minimum absolute atomic E-state index is 0.263. The number of nitrogens with zero attached hydrogens (tertiary/aromatic N) is 1. The second-order valence-electron chi connectivity index (χ2n) is 5.00. The van der Waals surface area contributed by atoms with Crippen molar-refractivity contribution in [3.8, 4) is 21.4 Å². The largest absolute Gasteiger partial charge is 0.497 e. The maximum atomic E-state index is 12.4. The third-order valence-corrected chi connectivity index (χ3v) is 5.31. The zero-order valence-corrected chi connectivity index (χ0v) is 15.1. The molecular formula is C17H16N2O3S2. The van der Waals surface area contributed by atoms with Gasteiger partial charge < -0.3 is 14.8 Å².